The molecule has 3 heterocycles. The van der Waals surface area contributed by atoms with E-state index < -0.39 is 0 Å². The first-order valence-electron chi connectivity index (χ1n) is 12.3. The molecular formula is C28H30N4O3. The van der Waals surface area contributed by atoms with Gasteiger partial charge in [0.1, 0.15) is 17.9 Å². The van der Waals surface area contributed by atoms with Crippen molar-refractivity contribution in [3.05, 3.63) is 67.1 Å². The number of hydrogen-bond donors (Lipinski definition) is 0. The van der Waals surface area contributed by atoms with Crippen LogP contribution in [-0.2, 0) is 9.53 Å². The van der Waals surface area contributed by atoms with E-state index >= 15 is 0 Å². The molecule has 0 saturated carbocycles. The van der Waals surface area contributed by atoms with Crippen LogP contribution in [0, 0.1) is 5.92 Å². The van der Waals surface area contributed by atoms with Gasteiger partial charge in [0.15, 0.2) is 5.65 Å². The highest BCUT2D eigenvalue weighted by molar-refractivity contribution is 6.02. The van der Waals surface area contributed by atoms with E-state index in [-0.39, 0.29) is 11.9 Å². The summed E-state index contributed by atoms with van der Waals surface area (Å²) in [6.45, 7) is 6.38. The number of carbonyl (C=O) groups excluding carboxylic acids is 1. The molecule has 0 spiro atoms. The van der Waals surface area contributed by atoms with Crippen molar-refractivity contribution < 1.29 is 14.3 Å². The van der Waals surface area contributed by atoms with Crippen LogP contribution >= 0.6 is 0 Å². The van der Waals surface area contributed by atoms with Crippen molar-refractivity contribution in [2.75, 3.05) is 31.2 Å². The Kier molecular flexibility index (Phi) is 6.66. The molecule has 1 fully saturated rings. The standard InChI is InChI=1S/C28H30N4O3/c1-3-34-23-12-10-22(11-13-23)32-18-24(20-8-6-5-7-9-20)25-26(29-19-30-27(25)32)31-16-14-21(15-17-31)28(33)35-4-2/h5-13,18-19,21H,3-4,14-17H2,1-2H3. The number of carbonyl (C=O) groups is 1. The second-order valence-electron chi connectivity index (χ2n) is 8.61. The molecule has 1 aliphatic heterocycles. The summed E-state index contributed by atoms with van der Waals surface area (Å²) in [5.74, 6) is 1.61. The molecule has 2 aromatic heterocycles. The highest BCUT2D eigenvalue weighted by Crippen LogP contribution is 2.38. The third-order valence-electron chi connectivity index (χ3n) is 6.49. The predicted molar refractivity (Wildman–Crippen MR) is 137 cm³/mol. The van der Waals surface area contributed by atoms with Crippen molar-refractivity contribution >= 4 is 22.8 Å². The number of rotatable bonds is 7. The molecule has 1 aliphatic rings. The Bertz CT molecular complexity index is 1290. The van der Waals surface area contributed by atoms with E-state index in [1.165, 1.54) is 0 Å². The summed E-state index contributed by atoms with van der Waals surface area (Å²) in [7, 11) is 0. The van der Waals surface area contributed by atoms with Crippen LogP contribution in [0.2, 0.25) is 0 Å². The maximum atomic E-state index is 12.2. The molecule has 0 unspecified atom stereocenters. The van der Waals surface area contributed by atoms with Gasteiger partial charge in [0.05, 0.1) is 24.5 Å². The summed E-state index contributed by atoms with van der Waals surface area (Å²) in [6, 6.07) is 18.4. The third-order valence-corrected chi connectivity index (χ3v) is 6.49. The fourth-order valence-electron chi connectivity index (χ4n) is 4.78. The zero-order valence-electron chi connectivity index (χ0n) is 20.2. The minimum atomic E-state index is -0.0911. The Morgan fingerprint density at radius 1 is 0.971 bits per heavy atom. The average molecular weight is 471 g/mol. The van der Waals surface area contributed by atoms with Crippen LogP contribution in [0.1, 0.15) is 26.7 Å². The minimum absolute atomic E-state index is 0.0504. The van der Waals surface area contributed by atoms with E-state index in [1.807, 2.05) is 56.3 Å². The van der Waals surface area contributed by atoms with Crippen molar-refractivity contribution in [1.82, 2.24) is 14.5 Å². The number of hydrogen-bond acceptors (Lipinski definition) is 6. The first kappa shape index (κ1) is 22.9. The smallest absolute Gasteiger partial charge is 0.309 e. The maximum Gasteiger partial charge on any atom is 0.309 e. The number of nitrogens with zero attached hydrogens (tertiary/aromatic N) is 4. The topological polar surface area (TPSA) is 69.5 Å². The van der Waals surface area contributed by atoms with Gasteiger partial charge in [-0.1, -0.05) is 30.3 Å². The number of ether oxygens (including phenoxy) is 2. The summed E-state index contributed by atoms with van der Waals surface area (Å²) >= 11 is 0. The van der Waals surface area contributed by atoms with Gasteiger partial charge in [-0.05, 0) is 56.5 Å². The lowest BCUT2D eigenvalue weighted by Gasteiger charge is -2.32. The quantitative estimate of drug-likeness (QED) is 0.343. The lowest BCUT2D eigenvalue weighted by Crippen LogP contribution is -2.37. The summed E-state index contributed by atoms with van der Waals surface area (Å²) in [5, 5.41) is 1.02. The molecule has 0 bridgehead atoms. The molecular weight excluding hydrogens is 440 g/mol. The van der Waals surface area contributed by atoms with Crippen LogP contribution in [0.25, 0.3) is 27.8 Å². The van der Waals surface area contributed by atoms with Gasteiger partial charge in [-0.15, -0.1) is 0 Å². The van der Waals surface area contributed by atoms with Crippen molar-refractivity contribution in [1.29, 1.82) is 0 Å². The molecule has 0 aliphatic carbocycles. The highest BCUT2D eigenvalue weighted by atomic mass is 16.5. The molecule has 0 amide bonds. The lowest BCUT2D eigenvalue weighted by atomic mass is 9.96. The molecule has 4 aromatic rings. The van der Waals surface area contributed by atoms with Crippen LogP contribution in [0.5, 0.6) is 5.75 Å². The molecule has 1 saturated heterocycles. The zero-order chi connectivity index (χ0) is 24.2. The van der Waals surface area contributed by atoms with Crippen LogP contribution in [0.3, 0.4) is 0 Å². The number of anilines is 1. The van der Waals surface area contributed by atoms with Crippen molar-refractivity contribution in [3.8, 4) is 22.6 Å². The Labute approximate surface area is 205 Å². The molecule has 35 heavy (non-hydrogen) atoms. The van der Waals surface area contributed by atoms with Crippen molar-refractivity contribution in [2.24, 2.45) is 5.92 Å². The molecule has 0 atom stereocenters. The Morgan fingerprint density at radius 2 is 1.71 bits per heavy atom. The number of benzene rings is 2. The first-order chi connectivity index (χ1) is 17.2. The maximum absolute atomic E-state index is 12.2. The Balaban J connectivity index is 1.57. The van der Waals surface area contributed by atoms with Gasteiger partial charge < -0.3 is 18.9 Å². The van der Waals surface area contributed by atoms with Crippen molar-refractivity contribution in [3.63, 3.8) is 0 Å². The Morgan fingerprint density at radius 3 is 2.40 bits per heavy atom. The Hall–Kier alpha value is -3.87. The SMILES string of the molecule is CCOC(=O)C1CCN(c2ncnc3c2c(-c2ccccc2)cn3-c2ccc(OCC)cc2)CC1. The first-order valence-corrected chi connectivity index (χ1v) is 12.3. The van der Waals surface area contributed by atoms with Gasteiger partial charge in [-0.2, -0.15) is 0 Å². The molecule has 7 nitrogen and oxygen atoms in total. The second-order valence-corrected chi connectivity index (χ2v) is 8.61. The van der Waals surface area contributed by atoms with E-state index in [4.69, 9.17) is 19.4 Å². The molecule has 7 heteroatoms. The summed E-state index contributed by atoms with van der Waals surface area (Å²) in [5.41, 5.74) is 4.05. The van der Waals surface area contributed by atoms with Gasteiger partial charge in [0.25, 0.3) is 0 Å². The van der Waals surface area contributed by atoms with Crippen molar-refractivity contribution in [2.45, 2.75) is 26.7 Å². The fraction of sp³-hybridized carbons (Fsp3) is 0.321. The second kappa shape index (κ2) is 10.2. The molecule has 180 valence electrons. The monoisotopic (exact) mass is 470 g/mol. The third kappa shape index (κ3) is 4.58. The highest BCUT2D eigenvalue weighted by Gasteiger charge is 2.29. The summed E-state index contributed by atoms with van der Waals surface area (Å²) in [6.07, 6.45) is 5.28. The van der Waals surface area contributed by atoms with E-state index in [0.717, 1.165) is 65.3 Å². The largest absolute Gasteiger partial charge is 0.494 e. The van der Waals surface area contributed by atoms with E-state index in [0.29, 0.717) is 13.2 Å². The summed E-state index contributed by atoms with van der Waals surface area (Å²) < 4.78 is 13.0. The minimum Gasteiger partial charge on any atom is -0.494 e. The van der Waals surface area contributed by atoms with Gasteiger partial charge in [-0.3, -0.25) is 4.79 Å². The summed E-state index contributed by atoms with van der Waals surface area (Å²) in [4.78, 5) is 24.0. The van der Waals surface area contributed by atoms with Crippen LogP contribution in [0.15, 0.2) is 67.1 Å². The number of fused-ring (bicyclic) bond motifs is 1. The number of esters is 1. The average Bonchev–Trinajstić information content (AvgIpc) is 3.30. The van der Waals surface area contributed by atoms with Crippen LogP contribution in [0.4, 0.5) is 5.82 Å². The fourth-order valence-corrected chi connectivity index (χ4v) is 4.78. The number of piperidine rings is 1. The van der Waals surface area contributed by atoms with E-state index in [9.17, 15) is 4.79 Å². The van der Waals surface area contributed by atoms with Gasteiger partial charge in [0.2, 0.25) is 0 Å². The zero-order valence-corrected chi connectivity index (χ0v) is 20.2. The van der Waals surface area contributed by atoms with E-state index in [1.54, 1.807) is 6.33 Å². The van der Waals surface area contributed by atoms with Gasteiger partial charge in [0, 0.05) is 30.5 Å². The predicted octanol–water partition coefficient (Wildman–Crippen LogP) is 5.27. The van der Waals surface area contributed by atoms with E-state index in [2.05, 4.69) is 27.8 Å². The molecule has 0 radical (unpaired) electrons. The van der Waals surface area contributed by atoms with Gasteiger partial charge in [-0.25, -0.2) is 9.97 Å². The van der Waals surface area contributed by atoms with Crippen LogP contribution in [-0.4, -0.2) is 46.8 Å². The molecule has 0 N–H and O–H groups in total. The number of aromatic nitrogens is 3. The van der Waals surface area contributed by atoms with Gasteiger partial charge >= 0.3 is 5.97 Å². The van der Waals surface area contributed by atoms with Crippen LogP contribution < -0.4 is 9.64 Å². The molecule has 5 rings (SSSR count). The normalized spacial score (nSPS) is 14.3. The molecule has 2 aromatic carbocycles. The lowest BCUT2D eigenvalue weighted by molar-refractivity contribution is -0.148.